The van der Waals surface area contributed by atoms with Gasteiger partial charge in [-0.05, 0) is 19.5 Å². The molecule has 0 aliphatic carbocycles. The van der Waals surface area contributed by atoms with Crippen LogP contribution in [0.4, 0.5) is 0 Å². The fourth-order valence-electron chi connectivity index (χ4n) is 3.10. The normalized spacial score (nSPS) is 33.2. The monoisotopic (exact) mass is 196 g/mol. The second-order valence-corrected chi connectivity index (χ2v) is 5.22. The summed E-state index contributed by atoms with van der Waals surface area (Å²) in [4.78, 5) is 5.21. The van der Waals surface area contributed by atoms with Gasteiger partial charge in [-0.1, -0.05) is 6.92 Å². The van der Waals surface area contributed by atoms with Crippen LogP contribution in [0.5, 0.6) is 0 Å². The third-order valence-electron chi connectivity index (χ3n) is 4.17. The van der Waals surface area contributed by atoms with Crippen molar-refractivity contribution < 1.29 is 4.74 Å². The molecule has 0 aromatic rings. The van der Waals surface area contributed by atoms with Crippen LogP contribution in [0.3, 0.4) is 0 Å². The number of rotatable bonds is 2. The largest absolute Gasteiger partial charge is 0.378 e. The fourth-order valence-corrected chi connectivity index (χ4v) is 3.10. The third-order valence-corrected chi connectivity index (χ3v) is 4.17. The highest BCUT2D eigenvalue weighted by molar-refractivity contribution is 5.02. The van der Waals surface area contributed by atoms with Crippen molar-refractivity contribution in [3.8, 4) is 0 Å². The van der Waals surface area contributed by atoms with Crippen LogP contribution in [0.15, 0.2) is 0 Å². The van der Waals surface area contributed by atoms with E-state index in [-0.39, 0.29) is 0 Å². The van der Waals surface area contributed by atoms with Gasteiger partial charge in [0, 0.05) is 25.0 Å². The maximum absolute atomic E-state index is 5.26. The lowest BCUT2D eigenvalue weighted by molar-refractivity contribution is -0.0683. The summed E-state index contributed by atoms with van der Waals surface area (Å²) in [6.07, 6.45) is 1.42. The standard InChI is InChI=1S/C11H20N2O/c1-2-12-7-11(8-12)3-4-13(9-11)10-5-14-6-10/h10H,2-9H2,1H3. The van der Waals surface area contributed by atoms with Gasteiger partial charge in [-0.3, -0.25) is 4.90 Å². The van der Waals surface area contributed by atoms with Gasteiger partial charge >= 0.3 is 0 Å². The quantitative estimate of drug-likeness (QED) is 0.636. The first-order chi connectivity index (χ1) is 6.81. The Morgan fingerprint density at radius 1 is 1.29 bits per heavy atom. The topological polar surface area (TPSA) is 15.7 Å². The van der Waals surface area contributed by atoms with Crippen LogP contribution < -0.4 is 0 Å². The number of hydrogen-bond donors (Lipinski definition) is 0. The molecule has 0 atom stereocenters. The molecule has 3 heterocycles. The molecule has 0 N–H and O–H groups in total. The van der Waals surface area contributed by atoms with E-state index < -0.39 is 0 Å². The van der Waals surface area contributed by atoms with Crippen molar-refractivity contribution in [1.82, 2.24) is 9.80 Å². The Hall–Kier alpha value is -0.120. The van der Waals surface area contributed by atoms with Crippen molar-refractivity contribution in [2.45, 2.75) is 19.4 Å². The van der Waals surface area contributed by atoms with E-state index in [9.17, 15) is 0 Å². The first-order valence-electron chi connectivity index (χ1n) is 5.85. The van der Waals surface area contributed by atoms with Crippen LogP contribution in [-0.2, 0) is 4.74 Å². The van der Waals surface area contributed by atoms with Gasteiger partial charge in [-0.25, -0.2) is 0 Å². The maximum atomic E-state index is 5.26. The summed E-state index contributed by atoms with van der Waals surface area (Å²) in [5.74, 6) is 0. The zero-order chi connectivity index (χ0) is 9.60. The van der Waals surface area contributed by atoms with Crippen molar-refractivity contribution in [2.75, 3.05) is 45.9 Å². The Morgan fingerprint density at radius 3 is 2.64 bits per heavy atom. The SMILES string of the molecule is CCN1CC2(CCN(C3COC3)C2)C1. The summed E-state index contributed by atoms with van der Waals surface area (Å²) in [5, 5.41) is 0. The molecule has 0 amide bonds. The van der Waals surface area contributed by atoms with Crippen molar-refractivity contribution >= 4 is 0 Å². The summed E-state index contributed by atoms with van der Waals surface area (Å²) in [6, 6.07) is 0.755. The molecule has 3 nitrogen and oxygen atoms in total. The molecular formula is C11H20N2O. The number of likely N-dealkylation sites (tertiary alicyclic amines) is 2. The predicted molar refractivity (Wildman–Crippen MR) is 55.3 cm³/mol. The molecule has 0 radical (unpaired) electrons. The van der Waals surface area contributed by atoms with Crippen LogP contribution in [-0.4, -0.2) is 61.8 Å². The lowest BCUT2D eigenvalue weighted by Crippen LogP contribution is -2.58. The van der Waals surface area contributed by atoms with E-state index in [0.717, 1.165) is 19.3 Å². The molecule has 3 aliphatic rings. The van der Waals surface area contributed by atoms with Gasteiger partial charge in [0.15, 0.2) is 0 Å². The number of nitrogens with zero attached hydrogens (tertiary/aromatic N) is 2. The minimum atomic E-state index is 0.672. The van der Waals surface area contributed by atoms with Crippen molar-refractivity contribution in [3.05, 3.63) is 0 Å². The molecule has 3 heteroatoms. The summed E-state index contributed by atoms with van der Waals surface area (Å²) in [5.41, 5.74) is 0.672. The van der Waals surface area contributed by atoms with Crippen LogP contribution in [0.1, 0.15) is 13.3 Å². The highest BCUT2D eigenvalue weighted by Crippen LogP contribution is 2.40. The lowest BCUT2D eigenvalue weighted by Gasteiger charge is -2.48. The van der Waals surface area contributed by atoms with E-state index >= 15 is 0 Å². The fraction of sp³-hybridized carbons (Fsp3) is 1.00. The molecule has 3 aliphatic heterocycles. The molecular weight excluding hydrogens is 176 g/mol. The van der Waals surface area contributed by atoms with Gasteiger partial charge < -0.3 is 9.64 Å². The Bertz CT molecular complexity index is 221. The van der Waals surface area contributed by atoms with E-state index in [4.69, 9.17) is 4.74 Å². The molecule has 3 fully saturated rings. The zero-order valence-electron chi connectivity index (χ0n) is 9.04. The Labute approximate surface area is 86.0 Å². The van der Waals surface area contributed by atoms with Gasteiger partial charge in [-0.15, -0.1) is 0 Å². The predicted octanol–water partition coefficient (Wildman–Crippen LogP) is 0.413. The number of hydrogen-bond acceptors (Lipinski definition) is 3. The minimum absolute atomic E-state index is 0.672. The maximum Gasteiger partial charge on any atom is 0.0645 e. The van der Waals surface area contributed by atoms with E-state index in [1.807, 2.05) is 0 Å². The molecule has 0 saturated carbocycles. The van der Waals surface area contributed by atoms with Crippen LogP contribution in [0.2, 0.25) is 0 Å². The molecule has 0 aromatic heterocycles. The zero-order valence-corrected chi connectivity index (χ0v) is 9.04. The van der Waals surface area contributed by atoms with Crippen LogP contribution in [0.25, 0.3) is 0 Å². The smallest absolute Gasteiger partial charge is 0.0645 e. The summed E-state index contributed by atoms with van der Waals surface area (Å²) in [6.45, 7) is 10.8. The molecule has 1 spiro atoms. The van der Waals surface area contributed by atoms with Crippen molar-refractivity contribution in [1.29, 1.82) is 0 Å². The van der Waals surface area contributed by atoms with Crippen LogP contribution in [0, 0.1) is 5.41 Å². The highest BCUT2D eigenvalue weighted by atomic mass is 16.5. The molecule has 14 heavy (non-hydrogen) atoms. The average Bonchev–Trinajstić information content (AvgIpc) is 2.43. The van der Waals surface area contributed by atoms with E-state index in [0.29, 0.717) is 5.41 Å². The molecule has 0 bridgehead atoms. The minimum Gasteiger partial charge on any atom is -0.378 e. The van der Waals surface area contributed by atoms with Crippen molar-refractivity contribution in [2.24, 2.45) is 5.41 Å². The van der Waals surface area contributed by atoms with Gasteiger partial charge in [0.1, 0.15) is 0 Å². The second kappa shape index (κ2) is 3.19. The van der Waals surface area contributed by atoms with E-state index in [1.165, 1.54) is 39.1 Å². The lowest BCUT2D eigenvalue weighted by atomic mass is 9.79. The van der Waals surface area contributed by atoms with Crippen LogP contribution >= 0.6 is 0 Å². The van der Waals surface area contributed by atoms with E-state index in [2.05, 4.69) is 16.7 Å². The first-order valence-corrected chi connectivity index (χ1v) is 5.85. The molecule has 0 aromatic carbocycles. The molecule has 80 valence electrons. The Kier molecular flexibility index (Phi) is 2.08. The van der Waals surface area contributed by atoms with Gasteiger partial charge in [-0.2, -0.15) is 0 Å². The molecule has 0 unspecified atom stereocenters. The average molecular weight is 196 g/mol. The van der Waals surface area contributed by atoms with E-state index in [1.54, 1.807) is 0 Å². The second-order valence-electron chi connectivity index (χ2n) is 5.22. The highest BCUT2D eigenvalue weighted by Gasteiger charge is 2.48. The van der Waals surface area contributed by atoms with Gasteiger partial charge in [0.05, 0.1) is 19.3 Å². The molecule has 3 rings (SSSR count). The van der Waals surface area contributed by atoms with Gasteiger partial charge in [0.25, 0.3) is 0 Å². The van der Waals surface area contributed by atoms with Gasteiger partial charge in [0.2, 0.25) is 0 Å². The van der Waals surface area contributed by atoms with Crippen molar-refractivity contribution in [3.63, 3.8) is 0 Å². The summed E-state index contributed by atoms with van der Waals surface area (Å²) in [7, 11) is 0. The molecule has 3 saturated heterocycles. The summed E-state index contributed by atoms with van der Waals surface area (Å²) < 4.78 is 5.26. The third kappa shape index (κ3) is 1.30. The Morgan fingerprint density at radius 2 is 2.07 bits per heavy atom. The Balaban J connectivity index is 1.54. The number of ether oxygens (including phenoxy) is 1. The first kappa shape index (κ1) is 9.13. The summed E-state index contributed by atoms with van der Waals surface area (Å²) >= 11 is 0.